The Kier molecular flexibility index (Phi) is 7.16. The van der Waals surface area contributed by atoms with Gasteiger partial charge in [-0.3, -0.25) is 49.5 Å². The number of non-ortho nitro benzene ring substituents is 2. The number of benzene rings is 3. The van der Waals surface area contributed by atoms with Crippen molar-refractivity contribution in [3.8, 4) is 0 Å². The molecule has 0 aliphatic carbocycles. The van der Waals surface area contributed by atoms with Crippen LogP contribution in [0.4, 0.5) is 22.7 Å². The number of nitro groups is 3. The number of ketones is 1. The van der Waals surface area contributed by atoms with Crippen LogP contribution in [-0.4, -0.2) is 49.0 Å². The number of hydrogen-bond acceptors (Lipinski definition) is 11. The van der Waals surface area contributed by atoms with E-state index < -0.39 is 66.8 Å². The van der Waals surface area contributed by atoms with Gasteiger partial charge in [0.2, 0.25) is 5.78 Å². The number of hydrogen-bond donors (Lipinski definition) is 1. The summed E-state index contributed by atoms with van der Waals surface area (Å²) in [6, 6.07) is 14.4. The molecule has 0 saturated carbocycles. The molecule has 4 rings (SSSR count). The van der Waals surface area contributed by atoms with Crippen molar-refractivity contribution < 1.29 is 33.9 Å². The Hall–Kier alpha value is -6.19. The highest BCUT2D eigenvalue weighted by molar-refractivity contribution is 6.51. The van der Waals surface area contributed by atoms with Crippen molar-refractivity contribution in [1.29, 1.82) is 0 Å². The highest BCUT2D eigenvalue weighted by atomic mass is 16.6. The number of nitro benzene ring substituents is 3. The van der Waals surface area contributed by atoms with E-state index in [1.54, 1.807) is 6.07 Å². The highest BCUT2D eigenvalue weighted by Gasteiger charge is 2.47. The zero-order valence-corrected chi connectivity index (χ0v) is 19.8. The zero-order valence-electron chi connectivity index (χ0n) is 19.8. The zero-order chi connectivity index (χ0) is 29.1. The number of carbonyl (C=O) groups excluding carboxylic acids is 4. The van der Waals surface area contributed by atoms with E-state index in [4.69, 9.17) is 0 Å². The number of para-hydroxylation sites is 2. The van der Waals surface area contributed by atoms with Crippen molar-refractivity contribution in [2.24, 2.45) is 11.0 Å². The van der Waals surface area contributed by atoms with Crippen molar-refractivity contribution in [1.82, 2.24) is 5.01 Å². The summed E-state index contributed by atoms with van der Waals surface area (Å²) < 4.78 is 0. The summed E-state index contributed by atoms with van der Waals surface area (Å²) in [4.78, 5) is 83.6. The van der Waals surface area contributed by atoms with E-state index in [1.807, 2.05) is 0 Å². The molecule has 3 aromatic rings. The molecule has 0 fully saturated rings. The molecule has 40 heavy (non-hydrogen) atoms. The summed E-state index contributed by atoms with van der Waals surface area (Å²) in [6.45, 7) is 0. The summed E-state index contributed by atoms with van der Waals surface area (Å²) >= 11 is 0. The van der Waals surface area contributed by atoms with Crippen LogP contribution >= 0.6 is 0 Å². The molecule has 0 spiro atoms. The van der Waals surface area contributed by atoms with Crippen LogP contribution in [0.1, 0.15) is 15.9 Å². The molecule has 200 valence electrons. The number of Topliss-reactive ketones (excluding diaryl/α,β-unsaturated/α-hetero) is 1. The van der Waals surface area contributed by atoms with Gasteiger partial charge in [0.25, 0.3) is 34.8 Å². The molecule has 1 aliphatic rings. The van der Waals surface area contributed by atoms with Gasteiger partial charge in [-0.2, -0.15) is 10.1 Å². The maximum absolute atomic E-state index is 13.3. The van der Waals surface area contributed by atoms with Gasteiger partial charge in [-0.1, -0.05) is 42.5 Å². The van der Waals surface area contributed by atoms with Crippen LogP contribution in [-0.2, 0) is 14.4 Å². The van der Waals surface area contributed by atoms with Crippen LogP contribution in [0.15, 0.2) is 77.9 Å². The monoisotopic (exact) mass is 546 g/mol. The molecule has 0 bridgehead atoms. The molecule has 0 aromatic heterocycles. The normalized spacial score (nSPS) is 14.3. The van der Waals surface area contributed by atoms with Gasteiger partial charge >= 0.3 is 0 Å². The second kappa shape index (κ2) is 10.7. The highest BCUT2D eigenvalue weighted by Crippen LogP contribution is 2.29. The molecule has 3 aromatic carbocycles. The van der Waals surface area contributed by atoms with E-state index in [2.05, 4.69) is 10.4 Å². The van der Waals surface area contributed by atoms with Gasteiger partial charge in [-0.25, -0.2) is 0 Å². The standard InChI is InChI=1S/C24H14N6O10/c31-21(22(32)25-17-8-4-5-9-18(17)30(39)40)19-20(13-6-2-1-3-7-13)26-27(24(19)34)23(33)14-10-15(28(35)36)12-16(11-14)29(37)38/h1-12,19H,(H,25,32)/t19-/m1/s1. The minimum absolute atomic E-state index is 0.160. The average Bonchev–Trinajstić information content (AvgIpc) is 3.29. The van der Waals surface area contributed by atoms with Gasteiger partial charge < -0.3 is 5.32 Å². The third-order valence-electron chi connectivity index (χ3n) is 5.60. The molecule has 1 atom stereocenters. The largest absolute Gasteiger partial charge is 0.314 e. The van der Waals surface area contributed by atoms with Gasteiger partial charge in [0.15, 0.2) is 5.92 Å². The quantitative estimate of drug-likeness (QED) is 0.143. The first-order valence-electron chi connectivity index (χ1n) is 11.0. The predicted molar refractivity (Wildman–Crippen MR) is 134 cm³/mol. The molecule has 16 heteroatoms. The molecule has 1 aliphatic heterocycles. The second-order valence-electron chi connectivity index (χ2n) is 8.08. The number of anilines is 1. The number of amides is 3. The summed E-state index contributed by atoms with van der Waals surface area (Å²) in [5.41, 5.74) is -3.30. The van der Waals surface area contributed by atoms with E-state index in [1.165, 1.54) is 36.4 Å². The van der Waals surface area contributed by atoms with E-state index in [-0.39, 0.29) is 22.0 Å². The lowest BCUT2D eigenvalue weighted by atomic mass is 9.92. The third kappa shape index (κ3) is 5.12. The third-order valence-corrected chi connectivity index (χ3v) is 5.60. The SMILES string of the molecule is O=C(Nc1ccccc1[N+](=O)[O-])C(=O)[C@@H]1C(=O)N(C(=O)c2cc([N+](=O)[O-])cc([N+](=O)[O-])c2)N=C1c1ccccc1. The molecule has 0 unspecified atom stereocenters. The van der Waals surface area contributed by atoms with E-state index in [0.29, 0.717) is 18.2 Å². The van der Waals surface area contributed by atoms with Gasteiger partial charge in [-0.15, -0.1) is 0 Å². The molecule has 16 nitrogen and oxygen atoms in total. The van der Waals surface area contributed by atoms with Crippen LogP contribution in [0.2, 0.25) is 0 Å². The smallest absolute Gasteiger partial charge is 0.293 e. The summed E-state index contributed by atoms with van der Waals surface area (Å²) in [5, 5.41) is 39.9. The van der Waals surface area contributed by atoms with Crippen LogP contribution in [0.25, 0.3) is 0 Å². The summed E-state index contributed by atoms with van der Waals surface area (Å²) in [7, 11) is 0. The Bertz CT molecular complexity index is 1620. The topological polar surface area (TPSA) is 225 Å². The number of rotatable bonds is 8. The van der Waals surface area contributed by atoms with Crippen LogP contribution in [0, 0.1) is 36.3 Å². The van der Waals surface area contributed by atoms with Crippen molar-refractivity contribution in [2.75, 3.05) is 5.32 Å². The first kappa shape index (κ1) is 26.9. The Morgan fingerprint density at radius 1 is 0.800 bits per heavy atom. The van der Waals surface area contributed by atoms with Crippen molar-refractivity contribution in [3.05, 3.63) is 114 Å². The number of nitrogens with one attached hydrogen (secondary N) is 1. The number of imide groups is 1. The van der Waals surface area contributed by atoms with Gasteiger partial charge in [0, 0.05) is 18.2 Å². The fraction of sp³-hybridized carbons (Fsp3) is 0.0417. The molecule has 0 radical (unpaired) electrons. The van der Waals surface area contributed by atoms with Crippen molar-refractivity contribution >= 4 is 52.0 Å². The van der Waals surface area contributed by atoms with E-state index in [0.717, 1.165) is 12.1 Å². The van der Waals surface area contributed by atoms with Crippen LogP contribution in [0.5, 0.6) is 0 Å². The van der Waals surface area contributed by atoms with E-state index >= 15 is 0 Å². The van der Waals surface area contributed by atoms with Gasteiger partial charge in [0.1, 0.15) is 5.69 Å². The van der Waals surface area contributed by atoms with Crippen molar-refractivity contribution in [3.63, 3.8) is 0 Å². The lowest BCUT2D eigenvalue weighted by molar-refractivity contribution is -0.394. The number of hydrazone groups is 1. The Labute approximate surface area is 222 Å². The Morgan fingerprint density at radius 3 is 1.95 bits per heavy atom. The molecular weight excluding hydrogens is 532 g/mol. The van der Waals surface area contributed by atoms with E-state index in [9.17, 15) is 49.5 Å². The minimum Gasteiger partial charge on any atom is -0.314 e. The van der Waals surface area contributed by atoms with Gasteiger partial charge in [-0.05, 0) is 11.6 Å². The lowest BCUT2D eigenvalue weighted by Gasteiger charge is -2.13. The fourth-order valence-electron chi connectivity index (χ4n) is 3.77. The first-order valence-corrected chi connectivity index (χ1v) is 11.0. The molecular formula is C24H14N6O10. The summed E-state index contributed by atoms with van der Waals surface area (Å²) in [6.07, 6.45) is 0. The predicted octanol–water partition coefficient (Wildman–Crippen LogP) is 2.62. The Morgan fingerprint density at radius 2 is 1.38 bits per heavy atom. The van der Waals surface area contributed by atoms with Gasteiger partial charge in [0.05, 0.1) is 32.1 Å². The first-order chi connectivity index (χ1) is 19.0. The maximum Gasteiger partial charge on any atom is 0.293 e. The average molecular weight is 546 g/mol. The maximum atomic E-state index is 13.3. The second-order valence-corrected chi connectivity index (χ2v) is 8.08. The lowest BCUT2D eigenvalue weighted by Crippen LogP contribution is -2.41. The molecule has 1 heterocycles. The molecule has 1 N–H and O–H groups in total. The number of nitrogens with zero attached hydrogens (tertiary/aromatic N) is 5. The Balaban J connectivity index is 1.73. The fourth-order valence-corrected chi connectivity index (χ4v) is 3.77. The molecule has 3 amide bonds. The van der Waals surface area contributed by atoms with Crippen LogP contribution in [0.3, 0.4) is 0 Å². The summed E-state index contributed by atoms with van der Waals surface area (Å²) in [5.74, 6) is -7.47. The minimum atomic E-state index is -1.98. The van der Waals surface area contributed by atoms with Crippen LogP contribution < -0.4 is 5.32 Å². The van der Waals surface area contributed by atoms with Crippen molar-refractivity contribution in [2.45, 2.75) is 0 Å². The number of carbonyl (C=O) groups is 4. The molecule has 0 saturated heterocycles.